The van der Waals surface area contributed by atoms with E-state index in [1.807, 2.05) is 0 Å². The van der Waals surface area contributed by atoms with E-state index in [9.17, 15) is 4.79 Å². The van der Waals surface area contributed by atoms with Gasteiger partial charge in [-0.15, -0.1) is 0 Å². The summed E-state index contributed by atoms with van der Waals surface area (Å²) in [5, 5.41) is 11.2. The third-order valence-electron chi connectivity index (χ3n) is 8.31. The highest BCUT2D eigenvalue weighted by atomic mass is 16.5. The average Bonchev–Trinajstić information content (AvgIpc) is 3.00. The number of hydrogen-bond acceptors (Lipinski definition) is 5. The van der Waals surface area contributed by atoms with Gasteiger partial charge in [0.05, 0.1) is 12.4 Å². The fourth-order valence-electron chi connectivity index (χ4n) is 6.90. The zero-order valence-corrected chi connectivity index (χ0v) is 16.1. The molecule has 2 unspecified atom stereocenters. The van der Waals surface area contributed by atoms with Crippen molar-refractivity contribution in [3.63, 3.8) is 0 Å². The van der Waals surface area contributed by atoms with Crippen molar-refractivity contribution in [1.82, 2.24) is 20.5 Å². The topological polar surface area (TPSA) is 77.0 Å². The minimum atomic E-state index is 0.0716. The summed E-state index contributed by atoms with van der Waals surface area (Å²) < 4.78 is 6.22. The van der Waals surface area contributed by atoms with Crippen LogP contribution in [0.2, 0.25) is 0 Å². The summed E-state index contributed by atoms with van der Waals surface area (Å²) in [6, 6.07) is 0.693. The zero-order valence-electron chi connectivity index (χ0n) is 16.1. The summed E-state index contributed by atoms with van der Waals surface area (Å²) in [5.41, 5.74) is 0.259. The summed E-state index contributed by atoms with van der Waals surface area (Å²) in [6.45, 7) is 4.77. The summed E-state index contributed by atoms with van der Waals surface area (Å²) >= 11 is 0. The van der Waals surface area contributed by atoms with Gasteiger partial charge < -0.3 is 10.1 Å². The van der Waals surface area contributed by atoms with Gasteiger partial charge in [-0.1, -0.05) is 25.0 Å². The lowest BCUT2D eigenvalue weighted by atomic mass is 9.48. The quantitative estimate of drug-likeness (QED) is 0.868. The van der Waals surface area contributed by atoms with Gasteiger partial charge in [-0.25, -0.2) is 4.98 Å². The number of ether oxygens (including phenoxy) is 1. The van der Waals surface area contributed by atoms with Gasteiger partial charge in [0.2, 0.25) is 5.91 Å². The molecule has 0 bridgehead atoms. The van der Waals surface area contributed by atoms with Crippen LogP contribution in [0.3, 0.4) is 0 Å². The van der Waals surface area contributed by atoms with E-state index in [1.54, 1.807) is 18.5 Å². The molecule has 4 aliphatic rings. The van der Waals surface area contributed by atoms with Crippen molar-refractivity contribution in [2.24, 2.45) is 28.6 Å². The predicted octanol–water partition coefficient (Wildman–Crippen LogP) is 2.92. The van der Waals surface area contributed by atoms with Gasteiger partial charge in [-0.2, -0.15) is 5.10 Å². The first-order valence-electron chi connectivity index (χ1n) is 10.3. The first-order chi connectivity index (χ1) is 13.0. The van der Waals surface area contributed by atoms with Gasteiger partial charge in [0.15, 0.2) is 0 Å². The number of nitrogens with one attached hydrogen (secondary N) is 1. The Bertz CT molecular complexity index is 769. The molecule has 0 spiro atoms. The van der Waals surface area contributed by atoms with Crippen LogP contribution in [0.1, 0.15) is 52.4 Å². The minimum Gasteiger partial charge on any atom is -0.458 e. The Hall–Kier alpha value is -1.98. The van der Waals surface area contributed by atoms with Crippen molar-refractivity contribution in [3.8, 4) is 6.01 Å². The molecule has 5 rings (SSSR count). The number of aromatic nitrogens is 3. The Labute approximate surface area is 160 Å². The highest BCUT2D eigenvalue weighted by Crippen LogP contribution is 2.63. The van der Waals surface area contributed by atoms with Gasteiger partial charge in [0.25, 0.3) is 0 Å². The summed E-state index contributed by atoms with van der Waals surface area (Å²) in [7, 11) is 0. The maximum Gasteiger partial charge on any atom is 0.335 e. The van der Waals surface area contributed by atoms with Gasteiger partial charge in [-0.3, -0.25) is 4.79 Å². The lowest BCUT2D eigenvalue weighted by molar-refractivity contribution is -0.123. The highest BCUT2D eigenvalue weighted by molar-refractivity contribution is 5.89. The van der Waals surface area contributed by atoms with Gasteiger partial charge in [-0.05, 0) is 62.4 Å². The molecule has 6 nitrogen and oxygen atoms in total. The van der Waals surface area contributed by atoms with Crippen molar-refractivity contribution in [2.45, 2.75) is 64.5 Å². The first-order valence-corrected chi connectivity index (χ1v) is 10.3. The Morgan fingerprint density at radius 3 is 2.81 bits per heavy atom. The van der Waals surface area contributed by atoms with Crippen LogP contribution in [-0.4, -0.2) is 33.2 Å². The SMILES string of the molecule is C[C@]12C=CC(=O)NC1CC[C@@H]1[C@H]2CC[C@]2(C)C(Oc3nccnn3)CC[C@@H]12. The van der Waals surface area contributed by atoms with Crippen LogP contribution in [0.25, 0.3) is 0 Å². The number of hydrogen-bond donors (Lipinski definition) is 1. The number of fused-ring (bicyclic) bond motifs is 5. The molecule has 3 saturated carbocycles. The van der Waals surface area contributed by atoms with Crippen LogP contribution < -0.4 is 10.1 Å². The molecule has 1 N–H and O–H groups in total. The summed E-state index contributed by atoms with van der Waals surface area (Å²) in [4.78, 5) is 16.1. The fraction of sp³-hybridized carbons (Fsp3) is 0.714. The number of carbonyl (C=O) groups is 1. The molecule has 0 saturated heterocycles. The molecule has 27 heavy (non-hydrogen) atoms. The number of carbonyl (C=O) groups excluding carboxylic acids is 1. The van der Waals surface area contributed by atoms with Crippen molar-refractivity contribution in [1.29, 1.82) is 0 Å². The second-order valence-corrected chi connectivity index (χ2v) is 9.37. The number of amides is 1. The van der Waals surface area contributed by atoms with Gasteiger partial charge >= 0.3 is 6.01 Å². The lowest BCUT2D eigenvalue weighted by Gasteiger charge is -2.58. The van der Waals surface area contributed by atoms with Crippen LogP contribution in [0.4, 0.5) is 0 Å². The molecule has 3 aliphatic carbocycles. The normalized spacial score (nSPS) is 45.4. The molecule has 1 aromatic rings. The molecule has 1 aliphatic heterocycles. The molecule has 0 radical (unpaired) electrons. The summed E-state index contributed by atoms with van der Waals surface area (Å²) in [6.07, 6.45) is 14.3. The second-order valence-electron chi connectivity index (χ2n) is 9.37. The molecule has 144 valence electrons. The molecule has 6 heteroatoms. The Balaban J connectivity index is 1.40. The second kappa shape index (κ2) is 6.01. The molecule has 3 fully saturated rings. The molecule has 2 heterocycles. The van der Waals surface area contributed by atoms with Gasteiger partial charge in [0.1, 0.15) is 6.10 Å². The van der Waals surface area contributed by atoms with E-state index in [0.29, 0.717) is 23.8 Å². The largest absolute Gasteiger partial charge is 0.458 e. The van der Waals surface area contributed by atoms with Crippen molar-refractivity contribution < 1.29 is 9.53 Å². The average molecular weight is 368 g/mol. The fourth-order valence-corrected chi connectivity index (χ4v) is 6.90. The Morgan fingerprint density at radius 1 is 1.11 bits per heavy atom. The van der Waals surface area contributed by atoms with E-state index in [4.69, 9.17) is 4.74 Å². The number of rotatable bonds is 2. The number of nitrogens with zero attached hydrogens (tertiary/aromatic N) is 3. The van der Waals surface area contributed by atoms with Gasteiger partial charge in [0, 0.05) is 16.9 Å². The van der Waals surface area contributed by atoms with Crippen LogP contribution in [0.15, 0.2) is 24.5 Å². The molecule has 1 amide bonds. The van der Waals surface area contributed by atoms with E-state index in [2.05, 4.69) is 40.4 Å². The van der Waals surface area contributed by atoms with E-state index >= 15 is 0 Å². The Kier molecular flexibility index (Phi) is 3.82. The van der Waals surface area contributed by atoms with Crippen molar-refractivity contribution in [3.05, 3.63) is 24.5 Å². The minimum absolute atomic E-state index is 0.0716. The molecular weight excluding hydrogens is 340 g/mol. The summed E-state index contributed by atoms with van der Waals surface area (Å²) in [5.74, 6) is 2.08. The molecule has 1 aromatic heterocycles. The molecule has 0 aromatic carbocycles. The Morgan fingerprint density at radius 2 is 2.00 bits per heavy atom. The van der Waals surface area contributed by atoms with E-state index in [-0.39, 0.29) is 28.9 Å². The van der Waals surface area contributed by atoms with Crippen LogP contribution in [0, 0.1) is 28.6 Å². The first kappa shape index (κ1) is 17.1. The third kappa shape index (κ3) is 2.52. The molecular formula is C21H28N4O2. The van der Waals surface area contributed by atoms with Crippen molar-refractivity contribution in [2.75, 3.05) is 0 Å². The highest BCUT2D eigenvalue weighted by Gasteiger charge is 2.60. The predicted molar refractivity (Wildman–Crippen MR) is 99.7 cm³/mol. The molecule has 7 atom stereocenters. The smallest absolute Gasteiger partial charge is 0.335 e. The van der Waals surface area contributed by atoms with Crippen LogP contribution in [0.5, 0.6) is 6.01 Å². The third-order valence-corrected chi connectivity index (χ3v) is 8.31. The monoisotopic (exact) mass is 368 g/mol. The van der Waals surface area contributed by atoms with E-state index in [1.165, 1.54) is 19.3 Å². The van der Waals surface area contributed by atoms with Crippen molar-refractivity contribution >= 4 is 5.91 Å². The van der Waals surface area contributed by atoms with E-state index in [0.717, 1.165) is 19.3 Å². The maximum atomic E-state index is 11.8. The van der Waals surface area contributed by atoms with Crippen LogP contribution >= 0.6 is 0 Å². The lowest BCUT2D eigenvalue weighted by Crippen LogP contribution is -2.59. The maximum absolute atomic E-state index is 11.8. The van der Waals surface area contributed by atoms with Crippen LogP contribution in [-0.2, 0) is 4.79 Å². The van der Waals surface area contributed by atoms with E-state index < -0.39 is 0 Å². The zero-order chi connectivity index (χ0) is 18.6. The standard InChI is InChI=1S/C21H28N4O2/c1-20-10-8-18(26)24-16(20)5-3-13-14-4-6-17(21(14,2)9-7-15(13)20)27-19-22-11-12-23-25-19/h8,10-17H,3-7,9H2,1-2H3,(H,24,26)/t13-,14-,15+,16?,17?,20+,21-/m0/s1.